The summed E-state index contributed by atoms with van der Waals surface area (Å²) in [5.74, 6) is 0. The number of hydrogen-bond acceptors (Lipinski definition) is 3. The first-order valence-electron chi connectivity index (χ1n) is 5.91. The van der Waals surface area contributed by atoms with Crippen LogP contribution in [0.15, 0.2) is 18.5 Å². The second-order valence-electron chi connectivity index (χ2n) is 5.35. The molecule has 1 aliphatic heterocycles. The Balaban J connectivity index is 2.23. The van der Waals surface area contributed by atoms with Crippen molar-refractivity contribution >= 4 is 5.69 Å². The fraction of sp³-hybridized carbons (Fsp3) is 0.615. The molecule has 1 aromatic rings. The van der Waals surface area contributed by atoms with Gasteiger partial charge in [0.1, 0.15) is 0 Å². The van der Waals surface area contributed by atoms with Gasteiger partial charge in [-0.1, -0.05) is 13.8 Å². The maximum absolute atomic E-state index is 9.31. The molecular formula is C13H20N2O. The Bertz CT molecular complexity index is 363. The summed E-state index contributed by atoms with van der Waals surface area (Å²) in [6.45, 7) is 6.82. The molecule has 1 aliphatic rings. The monoisotopic (exact) mass is 220 g/mol. The second kappa shape index (κ2) is 4.42. The minimum atomic E-state index is 0.0695. The zero-order valence-electron chi connectivity index (χ0n) is 10.1. The predicted molar refractivity (Wildman–Crippen MR) is 65.4 cm³/mol. The average Bonchev–Trinajstić information content (AvgIpc) is 2.27. The van der Waals surface area contributed by atoms with E-state index in [0.717, 1.165) is 24.3 Å². The molecule has 88 valence electrons. The molecule has 0 unspecified atom stereocenters. The van der Waals surface area contributed by atoms with Crippen LogP contribution < -0.4 is 4.90 Å². The van der Waals surface area contributed by atoms with E-state index < -0.39 is 0 Å². The highest BCUT2D eigenvalue weighted by atomic mass is 16.3. The Hall–Kier alpha value is -1.09. The van der Waals surface area contributed by atoms with Crippen LogP contribution in [0, 0.1) is 5.41 Å². The van der Waals surface area contributed by atoms with Crippen LogP contribution in [0.25, 0.3) is 0 Å². The summed E-state index contributed by atoms with van der Waals surface area (Å²) in [4.78, 5) is 6.43. The van der Waals surface area contributed by atoms with Crippen LogP contribution in [0.3, 0.4) is 0 Å². The van der Waals surface area contributed by atoms with Crippen molar-refractivity contribution in [2.45, 2.75) is 33.3 Å². The molecule has 16 heavy (non-hydrogen) atoms. The fourth-order valence-corrected chi connectivity index (χ4v) is 2.48. The van der Waals surface area contributed by atoms with Gasteiger partial charge in [0.15, 0.2) is 0 Å². The summed E-state index contributed by atoms with van der Waals surface area (Å²) in [7, 11) is 0. The van der Waals surface area contributed by atoms with Crippen molar-refractivity contribution in [2.75, 3.05) is 18.0 Å². The van der Waals surface area contributed by atoms with Gasteiger partial charge in [-0.3, -0.25) is 4.98 Å². The Morgan fingerprint density at radius 1 is 1.50 bits per heavy atom. The van der Waals surface area contributed by atoms with Crippen LogP contribution >= 0.6 is 0 Å². The fourth-order valence-electron chi connectivity index (χ4n) is 2.48. The van der Waals surface area contributed by atoms with Gasteiger partial charge in [-0.05, 0) is 24.3 Å². The number of aromatic nitrogens is 1. The van der Waals surface area contributed by atoms with Gasteiger partial charge < -0.3 is 10.0 Å². The minimum absolute atomic E-state index is 0.0695. The minimum Gasteiger partial charge on any atom is -0.392 e. The van der Waals surface area contributed by atoms with Crippen molar-refractivity contribution < 1.29 is 5.11 Å². The molecule has 0 atom stereocenters. The number of aliphatic hydroxyl groups is 1. The van der Waals surface area contributed by atoms with E-state index in [2.05, 4.69) is 23.7 Å². The summed E-state index contributed by atoms with van der Waals surface area (Å²) < 4.78 is 0. The lowest BCUT2D eigenvalue weighted by molar-refractivity contribution is 0.276. The summed E-state index contributed by atoms with van der Waals surface area (Å²) in [5.41, 5.74) is 2.44. The molecule has 0 radical (unpaired) electrons. The third-order valence-corrected chi connectivity index (χ3v) is 3.29. The van der Waals surface area contributed by atoms with Crippen LogP contribution in [-0.2, 0) is 6.61 Å². The molecule has 1 saturated heterocycles. The zero-order chi connectivity index (χ0) is 11.6. The Kier molecular flexibility index (Phi) is 3.15. The van der Waals surface area contributed by atoms with E-state index in [1.54, 1.807) is 12.4 Å². The maximum atomic E-state index is 9.31. The molecule has 2 rings (SSSR count). The topological polar surface area (TPSA) is 36.4 Å². The third-order valence-electron chi connectivity index (χ3n) is 3.29. The molecule has 1 aromatic heterocycles. The summed E-state index contributed by atoms with van der Waals surface area (Å²) in [6, 6.07) is 2.01. The van der Waals surface area contributed by atoms with Gasteiger partial charge in [0.25, 0.3) is 0 Å². The Morgan fingerprint density at radius 3 is 3.00 bits per heavy atom. The van der Waals surface area contributed by atoms with E-state index in [0.29, 0.717) is 5.41 Å². The average molecular weight is 220 g/mol. The number of pyridine rings is 1. The van der Waals surface area contributed by atoms with Crippen molar-refractivity contribution in [3.8, 4) is 0 Å². The van der Waals surface area contributed by atoms with E-state index in [9.17, 15) is 5.11 Å². The van der Waals surface area contributed by atoms with Crippen LogP contribution in [0.1, 0.15) is 32.3 Å². The lowest BCUT2D eigenvalue weighted by Gasteiger charge is -2.40. The third kappa shape index (κ3) is 2.35. The van der Waals surface area contributed by atoms with Crippen LogP contribution in [-0.4, -0.2) is 23.2 Å². The van der Waals surface area contributed by atoms with Gasteiger partial charge in [0, 0.05) is 36.7 Å². The molecule has 0 aliphatic carbocycles. The number of nitrogens with zero attached hydrogens (tertiary/aromatic N) is 2. The first kappa shape index (κ1) is 11.4. The Labute approximate surface area is 97.1 Å². The summed E-state index contributed by atoms with van der Waals surface area (Å²) in [5, 5.41) is 9.31. The molecule has 0 aromatic carbocycles. The molecule has 1 fully saturated rings. The highest BCUT2D eigenvalue weighted by molar-refractivity contribution is 5.52. The normalized spacial score (nSPS) is 19.8. The van der Waals surface area contributed by atoms with E-state index in [1.165, 1.54) is 12.8 Å². The number of hydrogen-bond donors (Lipinski definition) is 1. The van der Waals surface area contributed by atoms with Crippen molar-refractivity contribution in [1.29, 1.82) is 0 Å². The molecule has 0 spiro atoms. The van der Waals surface area contributed by atoms with Gasteiger partial charge in [0.05, 0.1) is 6.61 Å². The lowest BCUT2D eigenvalue weighted by Crippen LogP contribution is -2.40. The van der Waals surface area contributed by atoms with E-state index >= 15 is 0 Å². The van der Waals surface area contributed by atoms with Crippen molar-refractivity contribution in [3.05, 3.63) is 24.0 Å². The van der Waals surface area contributed by atoms with Crippen molar-refractivity contribution in [1.82, 2.24) is 4.98 Å². The summed E-state index contributed by atoms with van der Waals surface area (Å²) >= 11 is 0. The molecule has 1 N–H and O–H groups in total. The first-order chi connectivity index (χ1) is 7.62. The smallest absolute Gasteiger partial charge is 0.0717 e. The standard InChI is InChI=1S/C13H20N2O/c1-13(2)5-3-7-15(10-13)12-4-6-14-8-11(12)9-16/h4,6,8,16H,3,5,7,9-10H2,1-2H3. The van der Waals surface area contributed by atoms with E-state index in [-0.39, 0.29) is 6.61 Å². The SMILES string of the molecule is CC1(C)CCCN(c2ccncc2CO)C1. The molecule has 0 amide bonds. The van der Waals surface area contributed by atoms with Crippen LogP contribution in [0.2, 0.25) is 0 Å². The van der Waals surface area contributed by atoms with E-state index in [1.807, 2.05) is 6.07 Å². The van der Waals surface area contributed by atoms with Gasteiger partial charge in [-0.15, -0.1) is 0 Å². The number of piperidine rings is 1. The highest BCUT2D eigenvalue weighted by Crippen LogP contribution is 2.32. The molecule has 0 saturated carbocycles. The second-order valence-corrected chi connectivity index (χ2v) is 5.35. The lowest BCUT2D eigenvalue weighted by atomic mass is 9.84. The van der Waals surface area contributed by atoms with Crippen molar-refractivity contribution in [3.63, 3.8) is 0 Å². The van der Waals surface area contributed by atoms with E-state index in [4.69, 9.17) is 0 Å². The number of aliphatic hydroxyl groups excluding tert-OH is 1. The molecular weight excluding hydrogens is 200 g/mol. The largest absolute Gasteiger partial charge is 0.392 e. The zero-order valence-corrected chi connectivity index (χ0v) is 10.1. The number of rotatable bonds is 2. The Morgan fingerprint density at radius 2 is 2.31 bits per heavy atom. The summed E-state index contributed by atoms with van der Waals surface area (Å²) in [6.07, 6.45) is 6.07. The van der Waals surface area contributed by atoms with Gasteiger partial charge in [-0.2, -0.15) is 0 Å². The quantitative estimate of drug-likeness (QED) is 0.830. The van der Waals surface area contributed by atoms with Crippen LogP contribution in [0.4, 0.5) is 5.69 Å². The highest BCUT2D eigenvalue weighted by Gasteiger charge is 2.27. The number of anilines is 1. The molecule has 0 bridgehead atoms. The molecule has 3 heteroatoms. The molecule has 2 heterocycles. The first-order valence-corrected chi connectivity index (χ1v) is 5.91. The van der Waals surface area contributed by atoms with Crippen LogP contribution in [0.5, 0.6) is 0 Å². The predicted octanol–water partition coefficient (Wildman–Crippen LogP) is 2.20. The van der Waals surface area contributed by atoms with Gasteiger partial charge in [-0.25, -0.2) is 0 Å². The van der Waals surface area contributed by atoms with Crippen molar-refractivity contribution in [2.24, 2.45) is 5.41 Å². The maximum Gasteiger partial charge on any atom is 0.0717 e. The molecule has 3 nitrogen and oxygen atoms in total. The van der Waals surface area contributed by atoms with Gasteiger partial charge >= 0.3 is 0 Å². The van der Waals surface area contributed by atoms with Gasteiger partial charge in [0.2, 0.25) is 0 Å².